The number of nitrogens with one attached hydrogen (secondary N) is 2. The molecule has 6 N–H and O–H groups in total. The molecule has 0 aliphatic rings. The van der Waals surface area contributed by atoms with Gasteiger partial charge in [0, 0.05) is 11.4 Å². The van der Waals surface area contributed by atoms with Crippen molar-refractivity contribution in [2.45, 2.75) is 52.4 Å². The molecule has 30 heavy (non-hydrogen) atoms. The molecule has 10 heteroatoms. The number of aromatic carboxylic acids is 2. The van der Waals surface area contributed by atoms with E-state index in [2.05, 4.69) is 9.97 Å². The van der Waals surface area contributed by atoms with Crippen LogP contribution in [0.4, 0.5) is 0 Å². The smallest absolute Gasteiger partial charge is 0.352 e. The van der Waals surface area contributed by atoms with E-state index in [1.54, 1.807) is 13.8 Å². The van der Waals surface area contributed by atoms with Crippen LogP contribution in [0.5, 0.6) is 0 Å². The van der Waals surface area contributed by atoms with Gasteiger partial charge in [-0.3, -0.25) is 9.59 Å². The Balaban J connectivity index is 2.13. The van der Waals surface area contributed by atoms with Gasteiger partial charge in [0.25, 0.3) is 0 Å². The SMILES string of the molecule is Cc1c(C(=O)O)[nH]c(CCCCc2[nH]c(C(=O)O)c(C)c2CC(=O)O)c1CC(=O)O. The van der Waals surface area contributed by atoms with Crippen LogP contribution in [-0.2, 0) is 35.3 Å². The van der Waals surface area contributed by atoms with Crippen molar-refractivity contribution in [1.82, 2.24) is 9.97 Å². The van der Waals surface area contributed by atoms with E-state index in [9.17, 15) is 29.4 Å². The van der Waals surface area contributed by atoms with Gasteiger partial charge in [0.05, 0.1) is 12.8 Å². The maximum Gasteiger partial charge on any atom is 0.352 e. The molecule has 2 aromatic rings. The highest BCUT2D eigenvalue weighted by Gasteiger charge is 2.22. The Bertz CT molecular complexity index is 919. The summed E-state index contributed by atoms with van der Waals surface area (Å²) in [5, 5.41) is 36.7. The number of rotatable bonds is 11. The molecule has 0 saturated heterocycles. The predicted octanol–water partition coefficient (Wildman–Crippen LogP) is 2.18. The second kappa shape index (κ2) is 9.29. The third kappa shape index (κ3) is 5.07. The average Bonchev–Trinajstić information content (AvgIpc) is 3.10. The second-order valence-corrected chi connectivity index (χ2v) is 7.12. The van der Waals surface area contributed by atoms with Crippen LogP contribution >= 0.6 is 0 Å². The molecule has 0 fully saturated rings. The maximum atomic E-state index is 11.3. The molecule has 162 valence electrons. The Hall–Kier alpha value is -3.56. The number of aromatic nitrogens is 2. The Morgan fingerprint density at radius 2 is 1.00 bits per heavy atom. The Morgan fingerprint density at radius 1 is 0.667 bits per heavy atom. The molecule has 0 amide bonds. The van der Waals surface area contributed by atoms with Gasteiger partial charge < -0.3 is 30.4 Å². The first-order valence-corrected chi connectivity index (χ1v) is 9.33. The van der Waals surface area contributed by atoms with Gasteiger partial charge in [-0.25, -0.2) is 9.59 Å². The van der Waals surface area contributed by atoms with E-state index in [4.69, 9.17) is 10.2 Å². The first-order valence-electron chi connectivity index (χ1n) is 9.33. The zero-order valence-corrected chi connectivity index (χ0v) is 16.7. The summed E-state index contributed by atoms with van der Waals surface area (Å²) in [5.41, 5.74) is 2.74. The lowest BCUT2D eigenvalue weighted by Gasteiger charge is -2.05. The number of unbranched alkanes of at least 4 members (excludes halogenated alkanes) is 1. The predicted molar refractivity (Wildman–Crippen MR) is 104 cm³/mol. The summed E-state index contributed by atoms with van der Waals surface area (Å²) in [5.74, 6) is -4.44. The van der Waals surface area contributed by atoms with Gasteiger partial charge >= 0.3 is 23.9 Å². The van der Waals surface area contributed by atoms with Gasteiger partial charge in [-0.15, -0.1) is 0 Å². The average molecular weight is 420 g/mol. The van der Waals surface area contributed by atoms with Gasteiger partial charge in [0.1, 0.15) is 11.4 Å². The van der Waals surface area contributed by atoms with E-state index in [1.807, 2.05) is 0 Å². The topological polar surface area (TPSA) is 181 Å². The van der Waals surface area contributed by atoms with Crippen molar-refractivity contribution >= 4 is 23.9 Å². The normalized spacial score (nSPS) is 10.9. The minimum Gasteiger partial charge on any atom is -0.481 e. The van der Waals surface area contributed by atoms with E-state index < -0.39 is 23.9 Å². The summed E-state index contributed by atoms with van der Waals surface area (Å²) >= 11 is 0. The van der Waals surface area contributed by atoms with E-state index in [-0.39, 0.29) is 24.2 Å². The van der Waals surface area contributed by atoms with Crippen LogP contribution in [0, 0.1) is 13.8 Å². The molecule has 0 unspecified atom stereocenters. The van der Waals surface area contributed by atoms with Crippen molar-refractivity contribution in [2.24, 2.45) is 0 Å². The highest BCUT2D eigenvalue weighted by molar-refractivity contribution is 5.89. The highest BCUT2D eigenvalue weighted by Crippen LogP contribution is 2.24. The van der Waals surface area contributed by atoms with Crippen molar-refractivity contribution < 1.29 is 39.6 Å². The monoisotopic (exact) mass is 420 g/mol. The molecule has 0 atom stereocenters. The summed E-state index contributed by atoms with van der Waals surface area (Å²) in [6, 6.07) is 0. The Kier molecular flexibility index (Phi) is 7.04. The van der Waals surface area contributed by atoms with E-state index in [1.165, 1.54) is 0 Å². The van der Waals surface area contributed by atoms with Gasteiger partial charge in [-0.2, -0.15) is 0 Å². The van der Waals surface area contributed by atoms with Crippen molar-refractivity contribution in [2.75, 3.05) is 0 Å². The number of carboxylic acid groups (broad SMARTS) is 4. The van der Waals surface area contributed by atoms with Crippen LogP contribution in [0.2, 0.25) is 0 Å². The zero-order chi connectivity index (χ0) is 22.6. The van der Waals surface area contributed by atoms with Gasteiger partial charge in [-0.05, 0) is 61.8 Å². The first-order chi connectivity index (χ1) is 14.0. The number of hydrogen-bond acceptors (Lipinski definition) is 4. The molecule has 0 aliphatic heterocycles. The molecule has 0 aromatic carbocycles. The van der Waals surface area contributed by atoms with Crippen LogP contribution in [0.1, 0.15) is 67.5 Å². The number of carboxylic acids is 4. The quantitative estimate of drug-likeness (QED) is 0.299. The zero-order valence-electron chi connectivity index (χ0n) is 16.7. The fourth-order valence-corrected chi connectivity index (χ4v) is 3.63. The molecule has 2 rings (SSSR count). The maximum absolute atomic E-state index is 11.3. The Labute approximate surface area is 171 Å². The van der Waals surface area contributed by atoms with Gasteiger partial charge in [0.2, 0.25) is 0 Å². The van der Waals surface area contributed by atoms with Gasteiger partial charge in [-0.1, -0.05) is 0 Å². The van der Waals surface area contributed by atoms with Crippen LogP contribution in [-0.4, -0.2) is 54.3 Å². The van der Waals surface area contributed by atoms with Crippen molar-refractivity contribution in [3.05, 3.63) is 45.0 Å². The number of hydrogen-bond donors (Lipinski definition) is 6. The summed E-state index contributed by atoms with van der Waals surface area (Å²) in [4.78, 5) is 50.5. The number of aromatic amines is 2. The van der Waals surface area contributed by atoms with Crippen LogP contribution in [0.25, 0.3) is 0 Å². The molecule has 10 nitrogen and oxygen atoms in total. The minimum absolute atomic E-state index is 0.0314. The Morgan fingerprint density at radius 3 is 1.27 bits per heavy atom. The molecular weight excluding hydrogens is 396 g/mol. The van der Waals surface area contributed by atoms with Crippen molar-refractivity contribution in [3.8, 4) is 0 Å². The van der Waals surface area contributed by atoms with Crippen molar-refractivity contribution in [1.29, 1.82) is 0 Å². The summed E-state index contributed by atoms with van der Waals surface area (Å²) in [6.45, 7) is 3.13. The standard InChI is InChI=1S/C20H24N2O8/c1-9-11(7-15(23)24)13(21-17(9)19(27)28)5-3-4-6-14-12(8-16(25)26)10(2)18(22-14)20(29)30/h21-22H,3-8H2,1-2H3,(H,23,24)(H,25,26)(H,27,28)(H,29,30). The van der Waals surface area contributed by atoms with Crippen LogP contribution < -0.4 is 0 Å². The molecule has 2 aromatic heterocycles. The van der Waals surface area contributed by atoms with E-state index in [0.717, 1.165) is 0 Å². The largest absolute Gasteiger partial charge is 0.481 e. The van der Waals surface area contributed by atoms with Gasteiger partial charge in [0.15, 0.2) is 0 Å². The second-order valence-electron chi connectivity index (χ2n) is 7.12. The number of aryl methyl sites for hydroxylation is 2. The van der Waals surface area contributed by atoms with E-state index >= 15 is 0 Å². The molecule has 2 heterocycles. The molecular formula is C20H24N2O8. The molecule has 0 saturated carbocycles. The van der Waals surface area contributed by atoms with Crippen molar-refractivity contribution in [3.63, 3.8) is 0 Å². The third-order valence-corrected chi connectivity index (χ3v) is 5.12. The highest BCUT2D eigenvalue weighted by atomic mass is 16.4. The third-order valence-electron chi connectivity index (χ3n) is 5.12. The fraction of sp³-hybridized carbons (Fsp3) is 0.400. The number of aliphatic carboxylic acids is 2. The fourth-order valence-electron chi connectivity index (χ4n) is 3.63. The minimum atomic E-state index is -1.16. The summed E-state index contributed by atoms with van der Waals surface area (Å²) in [6.07, 6.45) is 1.39. The molecule has 0 bridgehead atoms. The summed E-state index contributed by atoms with van der Waals surface area (Å²) in [7, 11) is 0. The summed E-state index contributed by atoms with van der Waals surface area (Å²) < 4.78 is 0. The molecule has 0 aliphatic carbocycles. The molecule has 0 radical (unpaired) electrons. The first kappa shape index (κ1) is 22.7. The van der Waals surface area contributed by atoms with Crippen LogP contribution in [0.15, 0.2) is 0 Å². The molecule has 0 spiro atoms. The van der Waals surface area contributed by atoms with Crippen LogP contribution in [0.3, 0.4) is 0 Å². The number of carbonyl (C=O) groups is 4. The lowest BCUT2D eigenvalue weighted by Crippen LogP contribution is -2.05. The van der Waals surface area contributed by atoms with E-state index in [0.29, 0.717) is 59.3 Å². The lowest BCUT2D eigenvalue weighted by molar-refractivity contribution is -0.137. The lowest BCUT2D eigenvalue weighted by atomic mass is 10.0. The number of H-pyrrole nitrogens is 2.